The SMILES string of the molecule is COC(=O)C12CCNC(CC1)C2. The van der Waals surface area contributed by atoms with Gasteiger partial charge in [-0.2, -0.15) is 0 Å². The van der Waals surface area contributed by atoms with Crippen molar-refractivity contribution in [1.82, 2.24) is 5.32 Å². The van der Waals surface area contributed by atoms with Crippen LogP contribution in [0.4, 0.5) is 0 Å². The Bertz CT molecular complexity index is 201. The molecule has 68 valence electrons. The predicted molar refractivity (Wildman–Crippen MR) is 44.7 cm³/mol. The lowest BCUT2D eigenvalue weighted by atomic mass is 9.81. The number of fused-ring (bicyclic) bond motifs is 2. The van der Waals surface area contributed by atoms with Crippen LogP contribution in [0.3, 0.4) is 0 Å². The van der Waals surface area contributed by atoms with Gasteiger partial charge in [-0.3, -0.25) is 4.79 Å². The third-order valence-electron chi connectivity index (χ3n) is 3.26. The summed E-state index contributed by atoms with van der Waals surface area (Å²) in [6.45, 7) is 0.972. The highest BCUT2D eigenvalue weighted by Crippen LogP contribution is 2.44. The van der Waals surface area contributed by atoms with Crippen LogP contribution in [0.5, 0.6) is 0 Å². The molecule has 3 nitrogen and oxygen atoms in total. The van der Waals surface area contributed by atoms with Gasteiger partial charge in [0.1, 0.15) is 0 Å². The zero-order valence-electron chi connectivity index (χ0n) is 7.43. The number of hydrogen-bond donors (Lipinski definition) is 1. The number of rotatable bonds is 1. The van der Waals surface area contributed by atoms with E-state index in [-0.39, 0.29) is 11.4 Å². The molecule has 2 aliphatic rings. The molecule has 0 amide bonds. The minimum atomic E-state index is -0.120. The largest absolute Gasteiger partial charge is 0.469 e. The van der Waals surface area contributed by atoms with Gasteiger partial charge in [0.25, 0.3) is 0 Å². The maximum atomic E-state index is 11.5. The predicted octanol–water partition coefficient (Wildman–Crippen LogP) is 0.692. The number of piperidine rings is 1. The molecule has 2 fully saturated rings. The van der Waals surface area contributed by atoms with Crippen LogP contribution in [0.1, 0.15) is 25.7 Å². The highest BCUT2D eigenvalue weighted by Gasteiger charge is 2.48. The van der Waals surface area contributed by atoms with Gasteiger partial charge in [-0.25, -0.2) is 0 Å². The first kappa shape index (κ1) is 8.05. The maximum absolute atomic E-state index is 11.5. The monoisotopic (exact) mass is 169 g/mol. The van der Waals surface area contributed by atoms with E-state index < -0.39 is 0 Å². The van der Waals surface area contributed by atoms with E-state index in [0.717, 1.165) is 32.2 Å². The molecule has 2 bridgehead atoms. The third-order valence-corrected chi connectivity index (χ3v) is 3.26. The van der Waals surface area contributed by atoms with E-state index in [0.29, 0.717) is 6.04 Å². The third kappa shape index (κ3) is 1.04. The average Bonchev–Trinajstić information content (AvgIpc) is 2.42. The molecular formula is C9H15NO2. The Morgan fingerprint density at radius 3 is 3.17 bits per heavy atom. The van der Waals surface area contributed by atoms with Crippen LogP contribution < -0.4 is 5.32 Å². The first-order valence-electron chi connectivity index (χ1n) is 4.59. The molecule has 0 radical (unpaired) electrons. The molecule has 2 unspecified atom stereocenters. The molecule has 3 heteroatoms. The van der Waals surface area contributed by atoms with Crippen molar-refractivity contribution < 1.29 is 9.53 Å². The molecule has 0 aromatic carbocycles. The van der Waals surface area contributed by atoms with Gasteiger partial charge in [-0.15, -0.1) is 0 Å². The van der Waals surface area contributed by atoms with Crippen molar-refractivity contribution >= 4 is 5.97 Å². The quantitative estimate of drug-likeness (QED) is 0.587. The first-order chi connectivity index (χ1) is 5.77. The van der Waals surface area contributed by atoms with Crippen LogP contribution in [0, 0.1) is 5.41 Å². The summed E-state index contributed by atoms with van der Waals surface area (Å²) in [6.07, 6.45) is 4.09. The van der Waals surface area contributed by atoms with Gasteiger partial charge in [-0.1, -0.05) is 0 Å². The normalized spacial score (nSPS) is 39.6. The number of ether oxygens (including phenoxy) is 1. The van der Waals surface area contributed by atoms with Gasteiger partial charge >= 0.3 is 5.97 Å². The fourth-order valence-electron chi connectivity index (χ4n) is 2.55. The van der Waals surface area contributed by atoms with E-state index in [1.807, 2.05) is 0 Å². The van der Waals surface area contributed by atoms with Gasteiger partial charge in [-0.05, 0) is 32.2 Å². The molecular weight excluding hydrogens is 154 g/mol. The summed E-state index contributed by atoms with van der Waals surface area (Å²) in [5.41, 5.74) is -0.120. The lowest BCUT2D eigenvalue weighted by molar-refractivity contribution is -0.153. The van der Waals surface area contributed by atoms with E-state index in [2.05, 4.69) is 5.32 Å². The topological polar surface area (TPSA) is 38.3 Å². The maximum Gasteiger partial charge on any atom is 0.311 e. The Balaban J connectivity index is 2.15. The van der Waals surface area contributed by atoms with Crippen molar-refractivity contribution in [2.45, 2.75) is 31.7 Å². The van der Waals surface area contributed by atoms with Crippen LogP contribution in [0.15, 0.2) is 0 Å². The molecule has 0 spiro atoms. The van der Waals surface area contributed by atoms with Crippen LogP contribution in [0.2, 0.25) is 0 Å². The Kier molecular flexibility index (Phi) is 1.83. The summed E-state index contributed by atoms with van der Waals surface area (Å²) in [7, 11) is 1.49. The first-order valence-corrected chi connectivity index (χ1v) is 4.59. The minimum absolute atomic E-state index is 0.00602. The van der Waals surface area contributed by atoms with Gasteiger partial charge < -0.3 is 10.1 Å². The number of esters is 1. The minimum Gasteiger partial charge on any atom is -0.469 e. The Labute approximate surface area is 72.5 Å². The highest BCUT2D eigenvalue weighted by atomic mass is 16.5. The summed E-state index contributed by atoms with van der Waals surface area (Å²) in [6, 6.07) is 0.567. The molecule has 1 saturated heterocycles. The molecule has 1 saturated carbocycles. The number of hydrogen-bond acceptors (Lipinski definition) is 3. The summed E-state index contributed by atoms with van der Waals surface area (Å²) in [5, 5.41) is 3.41. The number of carbonyl (C=O) groups is 1. The van der Waals surface area contributed by atoms with Gasteiger partial charge in [0.05, 0.1) is 12.5 Å². The zero-order chi connectivity index (χ0) is 8.60. The average molecular weight is 169 g/mol. The smallest absolute Gasteiger partial charge is 0.311 e. The summed E-state index contributed by atoms with van der Waals surface area (Å²) in [5.74, 6) is 0.00602. The van der Waals surface area contributed by atoms with Gasteiger partial charge in [0.2, 0.25) is 0 Å². The lowest BCUT2D eigenvalue weighted by Gasteiger charge is -2.30. The highest BCUT2D eigenvalue weighted by molar-refractivity contribution is 5.77. The van der Waals surface area contributed by atoms with Crippen LogP contribution in [-0.4, -0.2) is 25.7 Å². The molecule has 1 aliphatic heterocycles. The van der Waals surface area contributed by atoms with Crippen molar-refractivity contribution in [3.63, 3.8) is 0 Å². The Morgan fingerprint density at radius 2 is 2.42 bits per heavy atom. The van der Waals surface area contributed by atoms with E-state index >= 15 is 0 Å². The van der Waals surface area contributed by atoms with Crippen molar-refractivity contribution in [2.24, 2.45) is 5.41 Å². The fourth-order valence-corrected chi connectivity index (χ4v) is 2.55. The van der Waals surface area contributed by atoms with Crippen molar-refractivity contribution in [3.05, 3.63) is 0 Å². The Hall–Kier alpha value is -0.570. The van der Waals surface area contributed by atoms with E-state index in [9.17, 15) is 4.79 Å². The van der Waals surface area contributed by atoms with E-state index in [1.165, 1.54) is 7.11 Å². The number of methoxy groups -OCH3 is 1. The van der Waals surface area contributed by atoms with Crippen LogP contribution >= 0.6 is 0 Å². The molecule has 1 N–H and O–H groups in total. The molecule has 1 heterocycles. The molecule has 2 rings (SSSR count). The van der Waals surface area contributed by atoms with Crippen LogP contribution in [-0.2, 0) is 9.53 Å². The summed E-state index contributed by atoms with van der Waals surface area (Å²) in [4.78, 5) is 11.5. The van der Waals surface area contributed by atoms with Gasteiger partial charge in [0, 0.05) is 6.04 Å². The molecule has 0 aromatic rings. The van der Waals surface area contributed by atoms with Crippen molar-refractivity contribution in [3.8, 4) is 0 Å². The Morgan fingerprint density at radius 1 is 1.58 bits per heavy atom. The second kappa shape index (κ2) is 2.73. The molecule has 1 aliphatic carbocycles. The summed E-state index contributed by atoms with van der Waals surface area (Å²) >= 11 is 0. The molecule has 2 atom stereocenters. The standard InChI is InChI=1S/C9H15NO2/c1-12-8(11)9-3-2-7(6-9)10-5-4-9/h7,10H,2-6H2,1H3. The lowest BCUT2D eigenvalue weighted by Crippen LogP contribution is -2.41. The van der Waals surface area contributed by atoms with Crippen molar-refractivity contribution in [2.75, 3.05) is 13.7 Å². The second-order valence-electron chi connectivity index (χ2n) is 3.92. The molecule has 0 aromatic heterocycles. The number of nitrogens with one attached hydrogen (secondary N) is 1. The second-order valence-corrected chi connectivity index (χ2v) is 3.92. The van der Waals surface area contributed by atoms with Crippen LogP contribution in [0.25, 0.3) is 0 Å². The fraction of sp³-hybridized carbons (Fsp3) is 0.889. The van der Waals surface area contributed by atoms with E-state index in [1.54, 1.807) is 0 Å². The molecule has 12 heavy (non-hydrogen) atoms. The number of carbonyl (C=O) groups excluding carboxylic acids is 1. The van der Waals surface area contributed by atoms with Crippen molar-refractivity contribution in [1.29, 1.82) is 0 Å². The summed E-state index contributed by atoms with van der Waals surface area (Å²) < 4.78 is 4.84. The zero-order valence-corrected chi connectivity index (χ0v) is 7.43. The van der Waals surface area contributed by atoms with Gasteiger partial charge in [0.15, 0.2) is 0 Å². The van der Waals surface area contributed by atoms with E-state index in [4.69, 9.17) is 4.74 Å².